The molecule has 0 aromatic carbocycles. The predicted octanol–water partition coefficient (Wildman–Crippen LogP) is 4.08. The lowest BCUT2D eigenvalue weighted by atomic mass is 9.43. The molecule has 3 N–H and O–H groups in total. The van der Waals surface area contributed by atoms with Crippen LogP contribution in [-0.4, -0.2) is 52.9 Å². The van der Waals surface area contributed by atoms with Crippen molar-refractivity contribution in [1.29, 1.82) is 0 Å². The van der Waals surface area contributed by atoms with E-state index in [9.17, 15) is 9.90 Å². The van der Waals surface area contributed by atoms with Crippen molar-refractivity contribution in [3.05, 3.63) is 18.1 Å². The Morgan fingerprint density at radius 2 is 1.94 bits per heavy atom. The molecule has 0 bridgehead atoms. The van der Waals surface area contributed by atoms with Gasteiger partial charge in [0.05, 0.1) is 25.0 Å². The Hall–Kier alpha value is -1.86. The van der Waals surface area contributed by atoms with E-state index in [-0.39, 0.29) is 29.1 Å². The molecule has 0 saturated heterocycles. The lowest BCUT2D eigenvalue weighted by Crippen LogP contribution is -2.58. The van der Waals surface area contributed by atoms with Gasteiger partial charge in [-0.25, -0.2) is 9.97 Å². The lowest BCUT2D eigenvalue weighted by molar-refractivity contribution is -0.175. The maximum absolute atomic E-state index is 13.4. The van der Waals surface area contributed by atoms with Gasteiger partial charge in [0, 0.05) is 25.4 Å². The van der Waals surface area contributed by atoms with Gasteiger partial charge in [-0.1, -0.05) is 6.92 Å². The average Bonchev–Trinajstić information content (AvgIpc) is 3.18. The predicted molar refractivity (Wildman–Crippen MR) is 136 cm³/mol. The number of fused-ring (bicyclic) bond motifs is 5. The molecule has 4 aliphatic carbocycles. The molecule has 4 aliphatic rings. The van der Waals surface area contributed by atoms with E-state index in [4.69, 9.17) is 10.5 Å². The molecular weight excluding hydrogens is 440 g/mol. The standard InChI is InChI=1S/C28H42N4O3/c1-26(34)10-11-28(17-35-3)18(14-26)4-5-19-20-6-7-22(27(20,2)9-8-21(19)28)24(33)16-30-15-23-25(29)32-13-12-31-23/h12-13,15,18-22,34H,4-11,14,16-17H2,1-3H3,(H2,29,32)/t18-,19-,20-,21-,22+,26+,27-,28+/m0/s1. The molecule has 5 rings (SSSR count). The second-order valence-corrected chi connectivity index (χ2v) is 12.5. The van der Waals surface area contributed by atoms with Gasteiger partial charge in [0.15, 0.2) is 11.6 Å². The van der Waals surface area contributed by atoms with Crippen molar-refractivity contribution in [2.24, 2.45) is 45.4 Å². The van der Waals surface area contributed by atoms with Crippen LogP contribution in [0.3, 0.4) is 0 Å². The number of aliphatic imine (C=N–C) groups is 1. The number of ketones is 1. The van der Waals surface area contributed by atoms with E-state index in [0.717, 1.165) is 45.1 Å². The van der Waals surface area contributed by atoms with Crippen molar-refractivity contribution in [2.75, 3.05) is 26.0 Å². The molecule has 4 saturated carbocycles. The summed E-state index contributed by atoms with van der Waals surface area (Å²) in [5, 5.41) is 10.8. The summed E-state index contributed by atoms with van der Waals surface area (Å²) in [5.41, 5.74) is 6.07. The molecule has 1 aromatic rings. The van der Waals surface area contributed by atoms with Crippen LogP contribution in [0.4, 0.5) is 5.82 Å². The van der Waals surface area contributed by atoms with E-state index < -0.39 is 5.60 Å². The third-order valence-corrected chi connectivity index (χ3v) is 10.7. The highest BCUT2D eigenvalue weighted by atomic mass is 16.5. The van der Waals surface area contributed by atoms with Crippen LogP contribution < -0.4 is 5.73 Å². The van der Waals surface area contributed by atoms with E-state index in [2.05, 4.69) is 21.9 Å². The monoisotopic (exact) mass is 482 g/mol. The number of anilines is 1. The largest absolute Gasteiger partial charge is 0.390 e. The summed E-state index contributed by atoms with van der Waals surface area (Å²) >= 11 is 0. The topological polar surface area (TPSA) is 111 Å². The molecule has 0 unspecified atom stereocenters. The Balaban J connectivity index is 1.31. The third-order valence-electron chi connectivity index (χ3n) is 10.7. The molecule has 35 heavy (non-hydrogen) atoms. The molecule has 0 aliphatic heterocycles. The fourth-order valence-electron chi connectivity index (χ4n) is 9.10. The minimum Gasteiger partial charge on any atom is -0.390 e. The number of Topliss-reactive ketones (excluding diaryl/α,β-unsaturated/α-hetero) is 1. The molecule has 8 atom stereocenters. The van der Waals surface area contributed by atoms with Crippen LogP contribution in [-0.2, 0) is 9.53 Å². The van der Waals surface area contributed by atoms with Gasteiger partial charge in [0.1, 0.15) is 5.69 Å². The Morgan fingerprint density at radius 3 is 2.71 bits per heavy atom. The van der Waals surface area contributed by atoms with Gasteiger partial charge in [0.2, 0.25) is 0 Å². The zero-order valence-corrected chi connectivity index (χ0v) is 21.6. The summed E-state index contributed by atoms with van der Waals surface area (Å²) in [6.07, 6.45) is 14.3. The van der Waals surface area contributed by atoms with Crippen LogP contribution in [0.2, 0.25) is 0 Å². The number of aliphatic hydroxyl groups is 1. The molecule has 1 aromatic heterocycles. The van der Waals surface area contributed by atoms with Gasteiger partial charge in [-0.05, 0) is 99.2 Å². The SMILES string of the molecule is COC[C@]12CC[C@@](C)(O)C[C@@H]1CC[C@H]1[C@@H]3CC[C@H](C(=O)CN=Cc4nccnc4N)[C@@]3(C)CC[C@@H]12. The van der Waals surface area contributed by atoms with Crippen LogP contribution in [0.25, 0.3) is 0 Å². The Bertz CT molecular complexity index is 981. The van der Waals surface area contributed by atoms with Crippen molar-refractivity contribution < 1.29 is 14.6 Å². The van der Waals surface area contributed by atoms with E-state index in [1.54, 1.807) is 18.6 Å². The minimum absolute atomic E-state index is 0.0562. The van der Waals surface area contributed by atoms with Crippen LogP contribution >= 0.6 is 0 Å². The number of methoxy groups -OCH3 is 1. The number of carbonyl (C=O) groups excluding carboxylic acids is 1. The number of carbonyl (C=O) groups is 1. The van der Waals surface area contributed by atoms with Crippen molar-refractivity contribution in [1.82, 2.24) is 9.97 Å². The number of hydrogen-bond acceptors (Lipinski definition) is 7. The summed E-state index contributed by atoms with van der Waals surface area (Å²) in [7, 11) is 1.84. The smallest absolute Gasteiger partial charge is 0.157 e. The third kappa shape index (κ3) is 4.22. The van der Waals surface area contributed by atoms with Crippen LogP contribution in [0, 0.1) is 40.4 Å². The van der Waals surface area contributed by atoms with E-state index in [1.165, 1.54) is 19.3 Å². The Kier molecular flexibility index (Phi) is 6.54. The first kappa shape index (κ1) is 24.8. The Labute approximate surface area is 209 Å². The second-order valence-electron chi connectivity index (χ2n) is 12.5. The first-order chi connectivity index (χ1) is 16.7. The van der Waals surface area contributed by atoms with Crippen molar-refractivity contribution in [3.8, 4) is 0 Å². The van der Waals surface area contributed by atoms with E-state index >= 15 is 0 Å². The van der Waals surface area contributed by atoms with Crippen LogP contribution in [0.1, 0.15) is 77.3 Å². The van der Waals surface area contributed by atoms with Gasteiger partial charge in [-0.2, -0.15) is 0 Å². The summed E-state index contributed by atoms with van der Waals surface area (Å²) in [4.78, 5) is 26.0. The van der Waals surface area contributed by atoms with Crippen molar-refractivity contribution in [2.45, 2.75) is 77.2 Å². The van der Waals surface area contributed by atoms with Gasteiger partial charge < -0.3 is 15.6 Å². The summed E-state index contributed by atoms with van der Waals surface area (Å²) < 4.78 is 5.87. The number of nitrogens with zero attached hydrogens (tertiary/aromatic N) is 3. The van der Waals surface area contributed by atoms with Crippen molar-refractivity contribution in [3.63, 3.8) is 0 Å². The lowest BCUT2D eigenvalue weighted by Gasteiger charge is -2.62. The molecule has 7 nitrogen and oxygen atoms in total. The molecule has 0 amide bonds. The number of rotatable bonds is 6. The maximum atomic E-state index is 13.4. The van der Waals surface area contributed by atoms with Crippen molar-refractivity contribution >= 4 is 17.8 Å². The molecular formula is C28H42N4O3. The molecule has 192 valence electrons. The number of aromatic nitrogens is 2. The van der Waals surface area contributed by atoms with Gasteiger partial charge >= 0.3 is 0 Å². The van der Waals surface area contributed by atoms with Gasteiger partial charge in [0.25, 0.3) is 0 Å². The highest BCUT2D eigenvalue weighted by Crippen LogP contribution is 2.68. The fourth-order valence-corrected chi connectivity index (χ4v) is 9.10. The normalized spacial score (nSPS) is 42.9. The number of nitrogen functional groups attached to an aromatic ring is 1. The quantitative estimate of drug-likeness (QED) is 0.591. The first-order valence-electron chi connectivity index (χ1n) is 13.5. The fraction of sp³-hybridized carbons (Fsp3) is 0.786. The van der Waals surface area contributed by atoms with Crippen LogP contribution in [0.5, 0.6) is 0 Å². The molecule has 0 radical (unpaired) electrons. The molecule has 4 fully saturated rings. The van der Waals surface area contributed by atoms with Crippen LogP contribution in [0.15, 0.2) is 17.4 Å². The summed E-state index contributed by atoms with van der Waals surface area (Å²) in [6.45, 7) is 5.39. The number of nitrogens with two attached hydrogens (primary N) is 1. The second kappa shape index (κ2) is 9.22. The highest BCUT2D eigenvalue weighted by molar-refractivity contribution is 5.88. The zero-order valence-electron chi connectivity index (χ0n) is 21.6. The Morgan fingerprint density at radius 1 is 1.14 bits per heavy atom. The highest BCUT2D eigenvalue weighted by Gasteiger charge is 2.63. The number of ether oxygens (including phenoxy) is 1. The van der Waals surface area contributed by atoms with Gasteiger partial charge in [-0.15, -0.1) is 0 Å². The maximum Gasteiger partial charge on any atom is 0.157 e. The molecule has 1 heterocycles. The average molecular weight is 483 g/mol. The minimum atomic E-state index is -0.542. The first-order valence-corrected chi connectivity index (χ1v) is 13.5. The zero-order chi connectivity index (χ0) is 24.8. The molecule has 7 heteroatoms. The summed E-state index contributed by atoms with van der Waals surface area (Å²) in [5.74, 6) is 3.09. The van der Waals surface area contributed by atoms with E-state index in [0.29, 0.717) is 35.2 Å². The summed E-state index contributed by atoms with van der Waals surface area (Å²) in [6, 6.07) is 0. The van der Waals surface area contributed by atoms with E-state index in [1.807, 2.05) is 14.0 Å². The van der Waals surface area contributed by atoms with Gasteiger partial charge in [-0.3, -0.25) is 9.79 Å². The number of hydrogen-bond donors (Lipinski definition) is 2. The molecule has 0 spiro atoms.